The Hall–Kier alpha value is -1.06. The van der Waals surface area contributed by atoms with E-state index in [-0.39, 0.29) is 18.3 Å². The number of aryl methyl sites for hydroxylation is 1. The highest BCUT2D eigenvalue weighted by atomic mass is 35.5. The third-order valence-electron chi connectivity index (χ3n) is 3.03. The number of carbonyl (C=O) groups is 1. The normalized spacial score (nSPS) is 18.5. The van der Waals surface area contributed by atoms with Gasteiger partial charge >= 0.3 is 0 Å². The van der Waals surface area contributed by atoms with Crippen molar-refractivity contribution in [1.29, 1.82) is 0 Å². The molecule has 1 unspecified atom stereocenters. The van der Waals surface area contributed by atoms with Gasteiger partial charge in [-0.25, -0.2) is 0 Å². The minimum Gasteiger partial charge on any atom is -0.352 e. The minimum absolute atomic E-state index is 0. The molecule has 17 heavy (non-hydrogen) atoms. The Kier molecular flexibility index (Phi) is 5.45. The van der Waals surface area contributed by atoms with E-state index in [0.717, 1.165) is 31.6 Å². The molecule has 1 heterocycles. The van der Waals surface area contributed by atoms with E-state index in [0.29, 0.717) is 5.92 Å². The van der Waals surface area contributed by atoms with Crippen molar-refractivity contribution in [3.63, 3.8) is 0 Å². The first-order valence-electron chi connectivity index (χ1n) is 5.81. The number of nitrogens with one attached hydrogen (secondary N) is 2. The highest BCUT2D eigenvalue weighted by molar-refractivity contribution is 5.94. The van der Waals surface area contributed by atoms with Crippen molar-refractivity contribution < 1.29 is 4.79 Å². The Morgan fingerprint density at radius 1 is 1.41 bits per heavy atom. The van der Waals surface area contributed by atoms with Gasteiger partial charge in [0.15, 0.2) is 0 Å². The summed E-state index contributed by atoms with van der Waals surface area (Å²) >= 11 is 0. The molecule has 1 aliphatic rings. The molecule has 0 aliphatic carbocycles. The molecule has 1 amide bonds. The van der Waals surface area contributed by atoms with Crippen molar-refractivity contribution >= 4 is 18.3 Å². The van der Waals surface area contributed by atoms with Crippen LogP contribution in [-0.2, 0) is 0 Å². The molecule has 1 fully saturated rings. The van der Waals surface area contributed by atoms with Crippen molar-refractivity contribution in [3.8, 4) is 0 Å². The maximum atomic E-state index is 11.8. The number of carbonyl (C=O) groups excluding carboxylic acids is 1. The van der Waals surface area contributed by atoms with Gasteiger partial charge in [0.2, 0.25) is 0 Å². The van der Waals surface area contributed by atoms with Crippen LogP contribution < -0.4 is 10.6 Å². The van der Waals surface area contributed by atoms with Gasteiger partial charge in [0.05, 0.1) is 0 Å². The zero-order chi connectivity index (χ0) is 11.4. The Labute approximate surface area is 108 Å². The number of rotatable bonds is 3. The highest BCUT2D eigenvalue weighted by Crippen LogP contribution is 2.07. The molecular weight excluding hydrogens is 236 g/mol. The number of amides is 1. The summed E-state index contributed by atoms with van der Waals surface area (Å²) in [5.74, 6) is 0.626. The Morgan fingerprint density at radius 3 is 2.71 bits per heavy atom. The fourth-order valence-corrected chi connectivity index (χ4v) is 1.93. The first kappa shape index (κ1) is 14.0. The molecule has 0 saturated carbocycles. The largest absolute Gasteiger partial charge is 0.352 e. The molecule has 3 nitrogen and oxygen atoms in total. The van der Waals surface area contributed by atoms with Crippen LogP contribution in [-0.4, -0.2) is 25.5 Å². The molecule has 1 aromatic rings. The molecule has 0 radical (unpaired) electrons. The second-order valence-corrected chi connectivity index (χ2v) is 4.43. The number of hydrogen-bond acceptors (Lipinski definition) is 2. The van der Waals surface area contributed by atoms with Crippen LogP contribution >= 0.6 is 12.4 Å². The zero-order valence-electron chi connectivity index (χ0n) is 10.0. The van der Waals surface area contributed by atoms with Crippen LogP contribution in [0.5, 0.6) is 0 Å². The van der Waals surface area contributed by atoms with Crippen molar-refractivity contribution in [2.45, 2.75) is 13.3 Å². The lowest BCUT2D eigenvalue weighted by Crippen LogP contribution is -2.30. The second-order valence-electron chi connectivity index (χ2n) is 4.43. The lowest BCUT2D eigenvalue weighted by Gasteiger charge is -2.10. The molecule has 0 bridgehead atoms. The van der Waals surface area contributed by atoms with E-state index < -0.39 is 0 Å². The fourth-order valence-electron chi connectivity index (χ4n) is 1.93. The summed E-state index contributed by atoms with van der Waals surface area (Å²) in [6, 6.07) is 7.67. The molecule has 1 atom stereocenters. The van der Waals surface area contributed by atoms with E-state index in [1.807, 2.05) is 31.2 Å². The van der Waals surface area contributed by atoms with Gasteiger partial charge in [0.1, 0.15) is 0 Å². The smallest absolute Gasteiger partial charge is 0.251 e. The third-order valence-corrected chi connectivity index (χ3v) is 3.03. The second kappa shape index (κ2) is 6.62. The van der Waals surface area contributed by atoms with E-state index in [1.165, 1.54) is 5.56 Å². The van der Waals surface area contributed by atoms with E-state index in [4.69, 9.17) is 0 Å². The van der Waals surface area contributed by atoms with Crippen molar-refractivity contribution in [1.82, 2.24) is 10.6 Å². The SMILES string of the molecule is Cc1ccc(C(=O)NCC2CCNC2)cc1.Cl. The first-order valence-corrected chi connectivity index (χ1v) is 5.81. The molecule has 1 aromatic carbocycles. The summed E-state index contributed by atoms with van der Waals surface area (Å²) in [6.07, 6.45) is 1.16. The summed E-state index contributed by atoms with van der Waals surface area (Å²) in [5.41, 5.74) is 1.92. The average molecular weight is 255 g/mol. The van der Waals surface area contributed by atoms with Crippen molar-refractivity contribution in [2.24, 2.45) is 5.92 Å². The van der Waals surface area contributed by atoms with Crippen LogP contribution in [0.4, 0.5) is 0 Å². The standard InChI is InChI=1S/C13H18N2O.ClH/c1-10-2-4-12(5-3-10)13(16)15-9-11-6-7-14-8-11;/h2-5,11,14H,6-9H2,1H3,(H,15,16);1H. The number of halogens is 1. The monoisotopic (exact) mass is 254 g/mol. The molecule has 1 saturated heterocycles. The van der Waals surface area contributed by atoms with Crippen molar-refractivity contribution in [3.05, 3.63) is 35.4 Å². The first-order chi connectivity index (χ1) is 7.75. The quantitative estimate of drug-likeness (QED) is 0.863. The number of hydrogen-bond donors (Lipinski definition) is 2. The summed E-state index contributed by atoms with van der Waals surface area (Å²) in [6.45, 7) is 4.89. The van der Waals surface area contributed by atoms with E-state index in [1.54, 1.807) is 0 Å². The van der Waals surface area contributed by atoms with Crippen molar-refractivity contribution in [2.75, 3.05) is 19.6 Å². The Bertz CT molecular complexity index is 358. The molecular formula is C13H19ClN2O. The van der Waals surface area contributed by atoms with Crippen LogP contribution in [0.2, 0.25) is 0 Å². The molecule has 1 aliphatic heterocycles. The summed E-state index contributed by atoms with van der Waals surface area (Å²) < 4.78 is 0. The lowest BCUT2D eigenvalue weighted by atomic mass is 10.1. The van der Waals surface area contributed by atoms with E-state index in [9.17, 15) is 4.79 Å². The van der Waals surface area contributed by atoms with E-state index in [2.05, 4.69) is 10.6 Å². The molecule has 2 rings (SSSR count). The topological polar surface area (TPSA) is 41.1 Å². The molecule has 94 valence electrons. The lowest BCUT2D eigenvalue weighted by molar-refractivity contribution is 0.0948. The average Bonchev–Trinajstić information content (AvgIpc) is 2.80. The van der Waals surface area contributed by atoms with Gasteiger partial charge in [-0.15, -0.1) is 12.4 Å². The molecule has 0 spiro atoms. The van der Waals surface area contributed by atoms with Gasteiger partial charge in [-0.3, -0.25) is 4.79 Å². The van der Waals surface area contributed by atoms with Gasteiger partial charge in [-0.2, -0.15) is 0 Å². The molecule has 0 aromatic heterocycles. The van der Waals surface area contributed by atoms with E-state index >= 15 is 0 Å². The Balaban J connectivity index is 0.00000144. The van der Waals surface area contributed by atoms with Crippen LogP contribution in [0, 0.1) is 12.8 Å². The highest BCUT2D eigenvalue weighted by Gasteiger charge is 2.15. The van der Waals surface area contributed by atoms with Gasteiger partial charge in [-0.1, -0.05) is 17.7 Å². The fraction of sp³-hybridized carbons (Fsp3) is 0.462. The van der Waals surface area contributed by atoms with Gasteiger partial charge < -0.3 is 10.6 Å². The van der Waals surface area contributed by atoms with Crippen LogP contribution in [0.25, 0.3) is 0 Å². The van der Waals surface area contributed by atoms with Gasteiger partial charge in [0, 0.05) is 12.1 Å². The van der Waals surface area contributed by atoms with Gasteiger partial charge in [0.25, 0.3) is 5.91 Å². The zero-order valence-corrected chi connectivity index (χ0v) is 10.8. The van der Waals surface area contributed by atoms with Crippen LogP contribution in [0.1, 0.15) is 22.3 Å². The van der Waals surface area contributed by atoms with Gasteiger partial charge in [-0.05, 0) is 44.5 Å². The summed E-state index contributed by atoms with van der Waals surface area (Å²) in [4.78, 5) is 11.8. The minimum atomic E-state index is 0. The molecule has 4 heteroatoms. The predicted octanol–water partition coefficient (Wildman–Crippen LogP) is 1.76. The summed E-state index contributed by atoms with van der Waals surface area (Å²) in [5, 5.41) is 6.27. The number of benzene rings is 1. The van der Waals surface area contributed by atoms with Crippen LogP contribution in [0.15, 0.2) is 24.3 Å². The molecule has 2 N–H and O–H groups in total. The maximum Gasteiger partial charge on any atom is 0.251 e. The summed E-state index contributed by atoms with van der Waals surface area (Å²) in [7, 11) is 0. The predicted molar refractivity (Wildman–Crippen MR) is 71.7 cm³/mol. The Morgan fingerprint density at radius 2 is 2.12 bits per heavy atom. The van der Waals surface area contributed by atoms with Crippen LogP contribution in [0.3, 0.4) is 0 Å². The third kappa shape index (κ3) is 4.02. The maximum absolute atomic E-state index is 11.8.